The van der Waals surface area contributed by atoms with Crippen LogP contribution in [0.4, 0.5) is 5.82 Å². The quantitative estimate of drug-likeness (QED) is 0.744. The average Bonchev–Trinajstić information content (AvgIpc) is 2.67. The number of aromatic nitrogens is 2. The predicted molar refractivity (Wildman–Crippen MR) is 103 cm³/mol. The molecule has 5 heteroatoms. The zero-order chi connectivity index (χ0) is 18.4. The number of nitrogens with one attached hydrogen (secondary N) is 1. The molecule has 0 spiro atoms. The highest BCUT2D eigenvalue weighted by Gasteiger charge is 2.12. The molecule has 0 aliphatic rings. The molecule has 0 aliphatic carbocycles. The molecule has 3 aromatic rings. The van der Waals surface area contributed by atoms with Crippen molar-refractivity contribution in [3.05, 3.63) is 89.4 Å². The highest BCUT2D eigenvalue weighted by molar-refractivity contribution is 5.95. The van der Waals surface area contributed by atoms with Crippen LogP contribution in [0.1, 0.15) is 27.2 Å². The Morgan fingerprint density at radius 2 is 1.73 bits per heavy atom. The Hall–Kier alpha value is -3.21. The molecule has 0 unspecified atom stereocenters. The van der Waals surface area contributed by atoms with Gasteiger partial charge in [-0.1, -0.05) is 36.4 Å². The highest BCUT2D eigenvalue weighted by atomic mass is 16.1. The molecule has 132 valence electrons. The van der Waals surface area contributed by atoms with Crippen LogP contribution in [0.2, 0.25) is 0 Å². The van der Waals surface area contributed by atoms with E-state index in [0.717, 1.165) is 23.6 Å². The van der Waals surface area contributed by atoms with Crippen LogP contribution in [0.5, 0.6) is 0 Å². The van der Waals surface area contributed by atoms with E-state index in [9.17, 15) is 4.79 Å². The van der Waals surface area contributed by atoms with Crippen molar-refractivity contribution in [1.82, 2.24) is 15.3 Å². The van der Waals surface area contributed by atoms with Crippen LogP contribution in [0.3, 0.4) is 0 Å². The van der Waals surface area contributed by atoms with Gasteiger partial charge in [0.1, 0.15) is 5.82 Å². The molecule has 0 saturated carbocycles. The van der Waals surface area contributed by atoms with Gasteiger partial charge in [0.15, 0.2) is 0 Å². The number of hydrogen-bond donors (Lipinski definition) is 1. The average molecular weight is 346 g/mol. The number of hydrogen-bond acceptors (Lipinski definition) is 4. The van der Waals surface area contributed by atoms with Crippen molar-refractivity contribution in [2.75, 3.05) is 11.9 Å². The van der Waals surface area contributed by atoms with E-state index in [1.807, 2.05) is 44.3 Å². The summed E-state index contributed by atoms with van der Waals surface area (Å²) < 4.78 is 0. The Balaban J connectivity index is 1.71. The molecule has 0 fully saturated rings. The molecule has 26 heavy (non-hydrogen) atoms. The smallest absolute Gasteiger partial charge is 0.253 e. The number of carbonyl (C=O) groups excluding carboxylic acids is 1. The lowest BCUT2D eigenvalue weighted by Crippen LogP contribution is -2.26. The SMILES string of the molecule is Cc1ncccc1C(=O)NCc1cccnc1N(C)Cc1ccccc1. The lowest BCUT2D eigenvalue weighted by atomic mass is 10.1. The van der Waals surface area contributed by atoms with E-state index in [1.165, 1.54) is 5.56 Å². The number of rotatable bonds is 6. The lowest BCUT2D eigenvalue weighted by Gasteiger charge is -2.21. The van der Waals surface area contributed by atoms with Gasteiger partial charge in [0.25, 0.3) is 5.91 Å². The van der Waals surface area contributed by atoms with Crippen LogP contribution < -0.4 is 10.2 Å². The molecule has 0 bridgehead atoms. The lowest BCUT2D eigenvalue weighted by molar-refractivity contribution is 0.0950. The number of aryl methyl sites for hydroxylation is 1. The summed E-state index contributed by atoms with van der Waals surface area (Å²) in [7, 11) is 2.01. The maximum Gasteiger partial charge on any atom is 0.253 e. The number of carbonyl (C=O) groups is 1. The van der Waals surface area contributed by atoms with Gasteiger partial charge in [0.05, 0.1) is 5.56 Å². The summed E-state index contributed by atoms with van der Waals surface area (Å²) in [5.74, 6) is 0.732. The van der Waals surface area contributed by atoms with E-state index in [-0.39, 0.29) is 5.91 Å². The van der Waals surface area contributed by atoms with Gasteiger partial charge in [0.2, 0.25) is 0 Å². The van der Waals surface area contributed by atoms with Crippen LogP contribution >= 0.6 is 0 Å². The maximum absolute atomic E-state index is 12.4. The molecule has 0 atom stereocenters. The molecule has 2 heterocycles. The van der Waals surface area contributed by atoms with E-state index in [2.05, 4.69) is 32.3 Å². The summed E-state index contributed by atoms with van der Waals surface area (Å²) in [6, 6.07) is 17.7. The molecule has 1 N–H and O–H groups in total. The van der Waals surface area contributed by atoms with Gasteiger partial charge in [0, 0.05) is 43.8 Å². The molecular weight excluding hydrogens is 324 g/mol. The molecule has 3 rings (SSSR count). The molecule has 1 aromatic carbocycles. The van der Waals surface area contributed by atoms with Crippen molar-refractivity contribution < 1.29 is 4.79 Å². The van der Waals surface area contributed by atoms with E-state index >= 15 is 0 Å². The number of anilines is 1. The standard InChI is InChI=1S/C21H22N4O/c1-16-19(11-7-12-22-16)21(26)24-14-18-10-6-13-23-20(18)25(2)15-17-8-4-3-5-9-17/h3-13H,14-15H2,1-2H3,(H,24,26). The third-order valence-electron chi connectivity index (χ3n) is 4.18. The topological polar surface area (TPSA) is 58.1 Å². The van der Waals surface area contributed by atoms with Gasteiger partial charge in [-0.3, -0.25) is 9.78 Å². The first-order valence-electron chi connectivity index (χ1n) is 8.54. The van der Waals surface area contributed by atoms with E-state index in [1.54, 1.807) is 24.5 Å². The second kappa shape index (κ2) is 8.25. The number of nitrogens with zero attached hydrogens (tertiary/aromatic N) is 3. The minimum absolute atomic E-state index is 0.129. The van der Waals surface area contributed by atoms with E-state index in [4.69, 9.17) is 0 Å². The Morgan fingerprint density at radius 3 is 2.50 bits per heavy atom. The Labute approximate surface area is 153 Å². The van der Waals surface area contributed by atoms with Crippen LogP contribution in [-0.2, 0) is 13.1 Å². The van der Waals surface area contributed by atoms with Crippen molar-refractivity contribution in [1.29, 1.82) is 0 Å². The third-order valence-corrected chi connectivity index (χ3v) is 4.18. The Morgan fingerprint density at radius 1 is 1.00 bits per heavy atom. The Kier molecular flexibility index (Phi) is 5.59. The summed E-state index contributed by atoms with van der Waals surface area (Å²) >= 11 is 0. The van der Waals surface area contributed by atoms with Gasteiger partial charge in [-0.15, -0.1) is 0 Å². The summed E-state index contributed by atoms with van der Waals surface area (Å²) in [5.41, 5.74) is 3.50. The fourth-order valence-corrected chi connectivity index (χ4v) is 2.84. The maximum atomic E-state index is 12.4. The van der Waals surface area contributed by atoms with Crippen molar-refractivity contribution >= 4 is 11.7 Å². The van der Waals surface area contributed by atoms with Crippen molar-refractivity contribution in [2.45, 2.75) is 20.0 Å². The fraction of sp³-hybridized carbons (Fsp3) is 0.190. The van der Waals surface area contributed by atoms with Crippen LogP contribution in [0.15, 0.2) is 67.0 Å². The Bertz CT molecular complexity index is 880. The van der Waals surface area contributed by atoms with E-state index in [0.29, 0.717) is 12.1 Å². The second-order valence-corrected chi connectivity index (χ2v) is 6.15. The minimum atomic E-state index is -0.129. The zero-order valence-corrected chi connectivity index (χ0v) is 15.0. The number of benzene rings is 1. The zero-order valence-electron chi connectivity index (χ0n) is 15.0. The number of amides is 1. The molecule has 1 amide bonds. The largest absolute Gasteiger partial charge is 0.355 e. The predicted octanol–water partition coefficient (Wildman–Crippen LogP) is 3.35. The fourth-order valence-electron chi connectivity index (χ4n) is 2.84. The van der Waals surface area contributed by atoms with E-state index < -0.39 is 0 Å². The monoisotopic (exact) mass is 346 g/mol. The first-order chi connectivity index (χ1) is 12.6. The first-order valence-corrected chi connectivity index (χ1v) is 8.54. The minimum Gasteiger partial charge on any atom is -0.355 e. The van der Waals surface area contributed by atoms with Gasteiger partial charge < -0.3 is 10.2 Å². The summed E-state index contributed by atoms with van der Waals surface area (Å²) in [5, 5.41) is 2.97. The molecule has 2 aromatic heterocycles. The molecule has 0 aliphatic heterocycles. The van der Waals surface area contributed by atoms with Gasteiger partial charge in [-0.2, -0.15) is 0 Å². The van der Waals surface area contributed by atoms with Crippen molar-refractivity contribution in [3.8, 4) is 0 Å². The third kappa shape index (κ3) is 4.25. The van der Waals surface area contributed by atoms with Crippen LogP contribution in [0.25, 0.3) is 0 Å². The summed E-state index contributed by atoms with van der Waals surface area (Å²) in [6.07, 6.45) is 3.46. The molecular formula is C21H22N4O. The van der Waals surface area contributed by atoms with Gasteiger partial charge >= 0.3 is 0 Å². The van der Waals surface area contributed by atoms with Crippen molar-refractivity contribution in [2.24, 2.45) is 0 Å². The first kappa shape index (κ1) is 17.6. The molecule has 0 saturated heterocycles. The second-order valence-electron chi connectivity index (χ2n) is 6.15. The summed E-state index contributed by atoms with van der Waals surface area (Å²) in [6.45, 7) is 2.99. The molecule has 5 nitrogen and oxygen atoms in total. The highest BCUT2D eigenvalue weighted by Crippen LogP contribution is 2.18. The summed E-state index contributed by atoms with van der Waals surface area (Å²) in [4.78, 5) is 23.2. The normalized spacial score (nSPS) is 10.4. The van der Waals surface area contributed by atoms with Gasteiger partial charge in [-0.25, -0.2) is 4.98 Å². The van der Waals surface area contributed by atoms with Crippen LogP contribution in [0, 0.1) is 6.92 Å². The van der Waals surface area contributed by atoms with Crippen LogP contribution in [-0.4, -0.2) is 22.9 Å². The molecule has 0 radical (unpaired) electrons. The van der Waals surface area contributed by atoms with Gasteiger partial charge in [-0.05, 0) is 30.7 Å². The number of pyridine rings is 2. The van der Waals surface area contributed by atoms with Crippen molar-refractivity contribution in [3.63, 3.8) is 0 Å².